The number of nitrogen functional groups attached to an aromatic ring is 1. The number of anilines is 2. The maximum absolute atomic E-state index is 13.3. The first-order valence-corrected chi connectivity index (χ1v) is 6.37. The second kappa shape index (κ2) is 4.94. The highest BCUT2D eigenvalue weighted by molar-refractivity contribution is 5.67. The molecule has 94 valence electrons. The van der Waals surface area contributed by atoms with Gasteiger partial charge in [0.1, 0.15) is 5.82 Å². The Hall–Kier alpha value is -1.25. The Morgan fingerprint density at radius 1 is 1.41 bits per heavy atom. The van der Waals surface area contributed by atoms with Crippen molar-refractivity contribution in [1.29, 1.82) is 0 Å². The van der Waals surface area contributed by atoms with Gasteiger partial charge >= 0.3 is 0 Å². The van der Waals surface area contributed by atoms with Crippen LogP contribution in [0.3, 0.4) is 0 Å². The molecule has 0 bridgehead atoms. The molecule has 0 heterocycles. The highest BCUT2D eigenvalue weighted by Crippen LogP contribution is 2.32. The molecule has 0 saturated heterocycles. The summed E-state index contributed by atoms with van der Waals surface area (Å²) >= 11 is 0. The summed E-state index contributed by atoms with van der Waals surface area (Å²) in [5, 5.41) is 3.36. The smallest absolute Gasteiger partial charge is 0.128 e. The Morgan fingerprint density at radius 3 is 2.82 bits per heavy atom. The SMILES string of the molecule is Cc1cc(NCC2CCCC2C)c(N)cc1F. The lowest BCUT2D eigenvalue weighted by molar-refractivity contribution is 0.440. The number of halogens is 1. The van der Waals surface area contributed by atoms with Crippen molar-refractivity contribution in [3.8, 4) is 0 Å². The highest BCUT2D eigenvalue weighted by Gasteiger charge is 2.23. The van der Waals surface area contributed by atoms with Crippen LogP contribution in [0.1, 0.15) is 31.7 Å². The average Bonchev–Trinajstić information content (AvgIpc) is 2.68. The van der Waals surface area contributed by atoms with Crippen LogP contribution in [-0.2, 0) is 0 Å². The first-order chi connectivity index (χ1) is 8.08. The molecule has 3 heteroatoms. The first-order valence-electron chi connectivity index (χ1n) is 6.37. The summed E-state index contributed by atoms with van der Waals surface area (Å²) < 4.78 is 13.3. The second-order valence-electron chi connectivity index (χ2n) is 5.24. The first kappa shape index (κ1) is 12.2. The molecule has 0 spiro atoms. The summed E-state index contributed by atoms with van der Waals surface area (Å²) in [4.78, 5) is 0. The predicted octanol–water partition coefficient (Wildman–Crippen LogP) is 3.56. The van der Waals surface area contributed by atoms with Crippen LogP contribution in [-0.4, -0.2) is 6.54 Å². The van der Waals surface area contributed by atoms with Gasteiger partial charge in [-0.3, -0.25) is 0 Å². The molecule has 2 unspecified atom stereocenters. The van der Waals surface area contributed by atoms with Crippen molar-refractivity contribution in [2.24, 2.45) is 11.8 Å². The number of benzene rings is 1. The lowest BCUT2D eigenvalue weighted by Crippen LogP contribution is -2.17. The Bertz CT molecular complexity index is 403. The lowest BCUT2D eigenvalue weighted by atomic mass is 9.98. The Morgan fingerprint density at radius 2 is 2.18 bits per heavy atom. The van der Waals surface area contributed by atoms with Crippen molar-refractivity contribution in [2.45, 2.75) is 33.1 Å². The van der Waals surface area contributed by atoms with Crippen LogP contribution in [0.4, 0.5) is 15.8 Å². The third-order valence-electron chi connectivity index (χ3n) is 3.92. The van der Waals surface area contributed by atoms with Crippen molar-refractivity contribution < 1.29 is 4.39 Å². The Kier molecular flexibility index (Phi) is 3.55. The molecule has 0 radical (unpaired) electrons. The molecule has 1 aromatic carbocycles. The van der Waals surface area contributed by atoms with E-state index in [1.807, 2.05) is 0 Å². The second-order valence-corrected chi connectivity index (χ2v) is 5.24. The predicted molar refractivity (Wildman–Crippen MR) is 70.5 cm³/mol. The molecule has 3 N–H and O–H groups in total. The largest absolute Gasteiger partial charge is 0.397 e. The molecular formula is C14H21FN2. The molecular weight excluding hydrogens is 215 g/mol. The number of aryl methyl sites for hydroxylation is 1. The van der Waals surface area contributed by atoms with Crippen LogP contribution in [0.25, 0.3) is 0 Å². The molecule has 1 aromatic rings. The number of hydrogen-bond acceptors (Lipinski definition) is 2. The molecule has 0 amide bonds. The normalized spacial score (nSPS) is 23.9. The zero-order valence-electron chi connectivity index (χ0n) is 10.6. The van der Waals surface area contributed by atoms with Crippen molar-refractivity contribution in [3.63, 3.8) is 0 Å². The fourth-order valence-electron chi connectivity index (χ4n) is 2.62. The number of nitrogens with two attached hydrogens (primary N) is 1. The van der Waals surface area contributed by atoms with E-state index >= 15 is 0 Å². The molecule has 0 aliphatic heterocycles. The topological polar surface area (TPSA) is 38.0 Å². The van der Waals surface area contributed by atoms with E-state index in [4.69, 9.17) is 5.73 Å². The third-order valence-corrected chi connectivity index (χ3v) is 3.92. The van der Waals surface area contributed by atoms with Gasteiger partial charge < -0.3 is 11.1 Å². The van der Waals surface area contributed by atoms with E-state index < -0.39 is 0 Å². The van der Waals surface area contributed by atoms with Crippen LogP contribution in [0, 0.1) is 24.6 Å². The minimum Gasteiger partial charge on any atom is -0.397 e. The molecule has 2 atom stereocenters. The van der Waals surface area contributed by atoms with Crippen molar-refractivity contribution >= 4 is 11.4 Å². The van der Waals surface area contributed by atoms with E-state index in [2.05, 4.69) is 12.2 Å². The zero-order valence-corrected chi connectivity index (χ0v) is 10.6. The summed E-state index contributed by atoms with van der Waals surface area (Å²) in [5.74, 6) is 1.27. The van der Waals surface area contributed by atoms with Crippen molar-refractivity contribution in [3.05, 3.63) is 23.5 Å². The van der Waals surface area contributed by atoms with Crippen LogP contribution < -0.4 is 11.1 Å². The summed E-state index contributed by atoms with van der Waals surface area (Å²) in [6.45, 7) is 5.01. The summed E-state index contributed by atoms with van der Waals surface area (Å²) in [5.41, 5.74) is 7.81. The number of hydrogen-bond donors (Lipinski definition) is 2. The number of rotatable bonds is 3. The van der Waals surface area contributed by atoms with Gasteiger partial charge in [-0.15, -0.1) is 0 Å². The average molecular weight is 236 g/mol. The third kappa shape index (κ3) is 2.71. The van der Waals surface area contributed by atoms with Crippen LogP contribution in [0.15, 0.2) is 12.1 Å². The molecule has 2 rings (SSSR count). The molecule has 1 aliphatic rings. The monoisotopic (exact) mass is 236 g/mol. The van der Waals surface area contributed by atoms with E-state index in [0.717, 1.165) is 24.1 Å². The summed E-state index contributed by atoms with van der Waals surface area (Å²) in [7, 11) is 0. The summed E-state index contributed by atoms with van der Waals surface area (Å²) in [6, 6.07) is 3.19. The molecule has 17 heavy (non-hydrogen) atoms. The van der Waals surface area contributed by atoms with Crippen LogP contribution in [0.2, 0.25) is 0 Å². The molecule has 1 aliphatic carbocycles. The Balaban J connectivity index is 2.01. The van der Waals surface area contributed by atoms with Gasteiger partial charge in [-0.1, -0.05) is 19.8 Å². The van der Waals surface area contributed by atoms with Gasteiger partial charge in [0.2, 0.25) is 0 Å². The fourth-order valence-corrected chi connectivity index (χ4v) is 2.62. The van der Waals surface area contributed by atoms with E-state index in [1.165, 1.54) is 25.3 Å². The van der Waals surface area contributed by atoms with Gasteiger partial charge in [-0.2, -0.15) is 0 Å². The fraction of sp³-hybridized carbons (Fsp3) is 0.571. The van der Waals surface area contributed by atoms with Crippen molar-refractivity contribution in [1.82, 2.24) is 0 Å². The summed E-state index contributed by atoms with van der Waals surface area (Å²) in [6.07, 6.45) is 3.93. The molecule has 1 saturated carbocycles. The molecule has 1 fully saturated rings. The lowest BCUT2D eigenvalue weighted by Gasteiger charge is -2.18. The highest BCUT2D eigenvalue weighted by atomic mass is 19.1. The van der Waals surface area contributed by atoms with E-state index in [1.54, 1.807) is 13.0 Å². The van der Waals surface area contributed by atoms with Gasteiger partial charge in [0.05, 0.1) is 11.4 Å². The Labute approximate surface area is 102 Å². The van der Waals surface area contributed by atoms with E-state index in [-0.39, 0.29) is 5.82 Å². The van der Waals surface area contributed by atoms with E-state index in [9.17, 15) is 4.39 Å². The van der Waals surface area contributed by atoms with Gasteiger partial charge in [0.25, 0.3) is 0 Å². The van der Waals surface area contributed by atoms with Gasteiger partial charge in [0.15, 0.2) is 0 Å². The van der Waals surface area contributed by atoms with Crippen LogP contribution in [0.5, 0.6) is 0 Å². The van der Waals surface area contributed by atoms with Gasteiger partial charge in [-0.25, -0.2) is 4.39 Å². The molecule has 0 aromatic heterocycles. The van der Waals surface area contributed by atoms with Crippen molar-refractivity contribution in [2.75, 3.05) is 17.6 Å². The quantitative estimate of drug-likeness (QED) is 0.787. The number of nitrogens with one attached hydrogen (secondary N) is 1. The van der Waals surface area contributed by atoms with Gasteiger partial charge in [0, 0.05) is 6.54 Å². The molecule has 2 nitrogen and oxygen atoms in total. The minimum absolute atomic E-state index is 0.234. The standard InChI is InChI=1S/C14H21FN2/c1-9-4-3-5-11(9)8-17-14-6-10(2)12(15)7-13(14)16/h6-7,9,11,17H,3-5,8,16H2,1-2H3. The maximum atomic E-state index is 13.3. The minimum atomic E-state index is -0.234. The van der Waals surface area contributed by atoms with Crippen LogP contribution >= 0.6 is 0 Å². The van der Waals surface area contributed by atoms with E-state index in [0.29, 0.717) is 11.3 Å². The zero-order chi connectivity index (χ0) is 12.4. The maximum Gasteiger partial charge on any atom is 0.128 e. The van der Waals surface area contributed by atoms with Gasteiger partial charge in [-0.05, 0) is 42.9 Å².